The van der Waals surface area contributed by atoms with E-state index in [2.05, 4.69) is 17.2 Å². The number of rotatable bonds is 2. The highest BCUT2D eigenvalue weighted by Gasteiger charge is 1.89. The van der Waals surface area contributed by atoms with Gasteiger partial charge in [0.25, 0.3) is 0 Å². The van der Waals surface area contributed by atoms with Gasteiger partial charge in [-0.15, -0.1) is 0 Å². The van der Waals surface area contributed by atoms with Crippen molar-refractivity contribution in [3.63, 3.8) is 0 Å². The van der Waals surface area contributed by atoms with Gasteiger partial charge in [-0.1, -0.05) is 18.1 Å². The van der Waals surface area contributed by atoms with Gasteiger partial charge in [0.1, 0.15) is 0 Å². The zero-order chi connectivity index (χ0) is 9.52. The number of carbonyl (C=O) groups is 1. The Morgan fingerprint density at radius 3 is 2.62 bits per heavy atom. The zero-order valence-corrected chi connectivity index (χ0v) is 7.50. The van der Waals surface area contributed by atoms with Gasteiger partial charge in [0.05, 0.1) is 0 Å². The Labute approximate surface area is 78.0 Å². The Kier molecular flexibility index (Phi) is 3.74. The minimum absolute atomic E-state index is 0.599. The molecule has 0 heterocycles. The van der Waals surface area contributed by atoms with Gasteiger partial charge < -0.3 is 5.32 Å². The van der Waals surface area contributed by atoms with E-state index < -0.39 is 0 Å². The molecule has 1 N–H and O–H groups in total. The maximum Gasteiger partial charge on any atom is 0.193 e. The molecule has 0 aliphatic carbocycles. The van der Waals surface area contributed by atoms with Crippen LogP contribution in [0.1, 0.15) is 11.1 Å². The van der Waals surface area contributed by atoms with Gasteiger partial charge in [0, 0.05) is 12.1 Å². The van der Waals surface area contributed by atoms with Crippen molar-refractivity contribution in [2.45, 2.75) is 6.54 Å². The molecule has 1 aromatic carbocycles. The van der Waals surface area contributed by atoms with Crippen LogP contribution in [-0.4, -0.2) is 13.3 Å². The fraction of sp³-hybridized carbons (Fsp3) is 0.182. The van der Waals surface area contributed by atoms with Crippen LogP contribution < -0.4 is 5.32 Å². The molecule has 0 atom stereocenters. The molecule has 0 fully saturated rings. The summed E-state index contributed by atoms with van der Waals surface area (Å²) >= 11 is 0. The van der Waals surface area contributed by atoms with Gasteiger partial charge in [-0.3, -0.25) is 4.79 Å². The summed E-state index contributed by atoms with van der Waals surface area (Å²) in [7, 11) is 1.90. The molecule has 0 unspecified atom stereocenters. The van der Waals surface area contributed by atoms with Crippen LogP contribution in [-0.2, 0) is 11.3 Å². The SMILES string of the molecule is CNCc1ccc(C#CC=O)cc1. The molecule has 13 heavy (non-hydrogen) atoms. The molecule has 2 heteroatoms. The van der Waals surface area contributed by atoms with E-state index in [0.717, 1.165) is 12.1 Å². The van der Waals surface area contributed by atoms with Crippen molar-refractivity contribution in [2.24, 2.45) is 0 Å². The molecule has 0 radical (unpaired) electrons. The Morgan fingerprint density at radius 2 is 2.08 bits per heavy atom. The summed E-state index contributed by atoms with van der Waals surface area (Å²) in [5.41, 5.74) is 2.08. The third kappa shape index (κ3) is 3.10. The summed E-state index contributed by atoms with van der Waals surface area (Å²) in [5.74, 6) is 5.09. The second kappa shape index (κ2) is 5.13. The second-order valence-corrected chi connectivity index (χ2v) is 2.61. The lowest BCUT2D eigenvalue weighted by Gasteiger charge is -1.98. The molecule has 1 rings (SSSR count). The molecule has 0 saturated carbocycles. The first kappa shape index (κ1) is 9.50. The maximum atomic E-state index is 9.96. The smallest absolute Gasteiger partial charge is 0.193 e. The van der Waals surface area contributed by atoms with E-state index in [4.69, 9.17) is 0 Å². The third-order valence-corrected chi connectivity index (χ3v) is 1.61. The van der Waals surface area contributed by atoms with Crippen molar-refractivity contribution >= 4 is 6.29 Å². The molecule has 0 aliphatic rings. The summed E-state index contributed by atoms with van der Waals surface area (Å²) in [6.07, 6.45) is 0.599. The Bertz CT molecular complexity index is 329. The topological polar surface area (TPSA) is 29.1 Å². The van der Waals surface area contributed by atoms with E-state index >= 15 is 0 Å². The normalized spacial score (nSPS) is 8.69. The largest absolute Gasteiger partial charge is 0.316 e. The van der Waals surface area contributed by atoms with E-state index in [1.807, 2.05) is 31.3 Å². The van der Waals surface area contributed by atoms with Crippen LogP contribution in [0.25, 0.3) is 0 Å². The lowest BCUT2D eigenvalue weighted by atomic mass is 10.1. The molecule has 66 valence electrons. The van der Waals surface area contributed by atoms with Gasteiger partial charge in [-0.2, -0.15) is 0 Å². The molecule has 0 saturated heterocycles. The number of hydrogen-bond donors (Lipinski definition) is 1. The summed E-state index contributed by atoms with van der Waals surface area (Å²) in [6.45, 7) is 0.849. The van der Waals surface area contributed by atoms with E-state index in [1.165, 1.54) is 5.56 Å². The fourth-order valence-electron chi connectivity index (χ4n) is 1.02. The first-order valence-electron chi connectivity index (χ1n) is 4.05. The lowest BCUT2D eigenvalue weighted by Crippen LogP contribution is -2.04. The highest BCUT2D eigenvalue weighted by atomic mass is 16.1. The van der Waals surface area contributed by atoms with Gasteiger partial charge >= 0.3 is 0 Å². The first-order chi connectivity index (χ1) is 6.36. The van der Waals surface area contributed by atoms with E-state index in [-0.39, 0.29) is 0 Å². The van der Waals surface area contributed by atoms with E-state index in [1.54, 1.807) is 0 Å². The molecule has 0 spiro atoms. The third-order valence-electron chi connectivity index (χ3n) is 1.61. The van der Waals surface area contributed by atoms with Crippen LogP contribution in [0.15, 0.2) is 24.3 Å². The molecule has 0 bridgehead atoms. The first-order valence-corrected chi connectivity index (χ1v) is 4.05. The average molecular weight is 173 g/mol. The van der Waals surface area contributed by atoms with Gasteiger partial charge in [0.2, 0.25) is 0 Å². The van der Waals surface area contributed by atoms with E-state index in [0.29, 0.717) is 6.29 Å². The number of nitrogens with one attached hydrogen (secondary N) is 1. The van der Waals surface area contributed by atoms with Crippen LogP contribution in [0.5, 0.6) is 0 Å². The molecule has 1 aromatic rings. The molecular formula is C11H11NO. The van der Waals surface area contributed by atoms with Crippen molar-refractivity contribution in [1.29, 1.82) is 0 Å². The van der Waals surface area contributed by atoms with Gasteiger partial charge in [-0.25, -0.2) is 0 Å². The van der Waals surface area contributed by atoms with Crippen molar-refractivity contribution in [1.82, 2.24) is 5.32 Å². The van der Waals surface area contributed by atoms with Crippen LogP contribution >= 0.6 is 0 Å². The van der Waals surface area contributed by atoms with Crippen molar-refractivity contribution in [3.05, 3.63) is 35.4 Å². The molecule has 2 nitrogen and oxygen atoms in total. The van der Waals surface area contributed by atoms with Crippen LogP contribution in [0.2, 0.25) is 0 Å². The Morgan fingerprint density at radius 1 is 1.38 bits per heavy atom. The minimum Gasteiger partial charge on any atom is -0.316 e. The molecule has 0 amide bonds. The summed E-state index contributed by atoms with van der Waals surface area (Å²) < 4.78 is 0. The number of hydrogen-bond acceptors (Lipinski definition) is 2. The monoisotopic (exact) mass is 173 g/mol. The van der Waals surface area contributed by atoms with Crippen LogP contribution in [0.3, 0.4) is 0 Å². The Hall–Kier alpha value is -1.59. The van der Waals surface area contributed by atoms with Crippen LogP contribution in [0.4, 0.5) is 0 Å². The van der Waals surface area contributed by atoms with Crippen LogP contribution in [0, 0.1) is 11.8 Å². The summed E-state index contributed by atoms with van der Waals surface area (Å²) in [6, 6.07) is 7.79. The van der Waals surface area contributed by atoms with Crippen molar-refractivity contribution in [3.8, 4) is 11.8 Å². The lowest BCUT2D eigenvalue weighted by molar-refractivity contribution is -0.103. The van der Waals surface area contributed by atoms with Crippen molar-refractivity contribution in [2.75, 3.05) is 7.05 Å². The fourth-order valence-corrected chi connectivity index (χ4v) is 1.02. The predicted octanol–water partition coefficient (Wildman–Crippen LogP) is 0.956. The Balaban J connectivity index is 2.74. The number of carbonyl (C=O) groups excluding carboxylic acids is 1. The van der Waals surface area contributed by atoms with Crippen molar-refractivity contribution < 1.29 is 4.79 Å². The maximum absolute atomic E-state index is 9.96. The summed E-state index contributed by atoms with van der Waals surface area (Å²) in [4.78, 5) is 9.96. The quantitative estimate of drug-likeness (QED) is 0.533. The number of benzene rings is 1. The average Bonchev–Trinajstić information content (AvgIpc) is 2.17. The molecule has 0 aliphatic heterocycles. The predicted molar refractivity (Wildman–Crippen MR) is 52.1 cm³/mol. The number of aldehydes is 1. The van der Waals surface area contributed by atoms with Gasteiger partial charge in [-0.05, 0) is 30.7 Å². The highest BCUT2D eigenvalue weighted by Crippen LogP contribution is 2.02. The standard InChI is InChI=1S/C11H11NO/c1-12-9-11-6-4-10(5-7-11)3-2-8-13/h4-8,12H,9H2,1H3. The molecular weight excluding hydrogens is 162 g/mol. The van der Waals surface area contributed by atoms with Gasteiger partial charge in [0.15, 0.2) is 6.29 Å². The zero-order valence-electron chi connectivity index (χ0n) is 7.50. The molecule has 0 aromatic heterocycles. The second-order valence-electron chi connectivity index (χ2n) is 2.61. The van der Waals surface area contributed by atoms with E-state index in [9.17, 15) is 4.79 Å². The minimum atomic E-state index is 0.599. The summed E-state index contributed by atoms with van der Waals surface area (Å²) in [5, 5.41) is 3.05. The highest BCUT2D eigenvalue weighted by molar-refractivity contribution is 5.73.